The number of methoxy groups -OCH3 is 1. The maximum atomic E-state index is 12.5. The lowest BCUT2D eigenvalue weighted by Crippen LogP contribution is -2.56. The predicted molar refractivity (Wildman–Crippen MR) is 135 cm³/mol. The summed E-state index contributed by atoms with van der Waals surface area (Å²) in [6.45, 7) is 1.92. The highest BCUT2D eigenvalue weighted by Gasteiger charge is 2.34. The second kappa shape index (κ2) is 11.2. The van der Waals surface area contributed by atoms with E-state index in [2.05, 4.69) is 47.8 Å². The molecule has 1 amide bonds. The Morgan fingerprint density at radius 3 is 2.33 bits per heavy atom. The van der Waals surface area contributed by atoms with Gasteiger partial charge in [0.15, 0.2) is 5.11 Å². The van der Waals surface area contributed by atoms with Gasteiger partial charge in [0.2, 0.25) is 9.70 Å². The zero-order valence-corrected chi connectivity index (χ0v) is 22.1. The van der Waals surface area contributed by atoms with Crippen molar-refractivity contribution in [2.45, 2.75) is 23.3 Å². The average Bonchev–Trinajstić information content (AvgIpc) is 2.64. The SMILES string of the molecule is COc1ccc(CC(=O)NC(NC(=S)Nc2c(C)cc(Br)cc2Br)C(Cl)(Cl)Cl)cc1. The summed E-state index contributed by atoms with van der Waals surface area (Å²) in [5, 5.41) is 8.75. The number of benzene rings is 2. The Bertz CT molecular complexity index is 901. The number of aryl methyl sites for hydroxylation is 1. The van der Waals surface area contributed by atoms with E-state index in [9.17, 15) is 4.79 Å². The van der Waals surface area contributed by atoms with Crippen LogP contribution in [0.3, 0.4) is 0 Å². The van der Waals surface area contributed by atoms with Crippen molar-refractivity contribution in [3.8, 4) is 5.75 Å². The van der Waals surface area contributed by atoms with Crippen molar-refractivity contribution in [1.82, 2.24) is 10.6 Å². The molecule has 0 aliphatic carbocycles. The summed E-state index contributed by atoms with van der Waals surface area (Å²) in [7, 11) is 1.57. The minimum atomic E-state index is -1.84. The molecule has 0 fully saturated rings. The maximum Gasteiger partial charge on any atom is 0.228 e. The number of carbonyl (C=O) groups excluding carboxylic acids is 1. The second-order valence-corrected chi connectivity index (χ2v) is 10.8. The highest BCUT2D eigenvalue weighted by Crippen LogP contribution is 2.31. The first-order valence-electron chi connectivity index (χ1n) is 8.51. The Morgan fingerprint density at radius 2 is 1.80 bits per heavy atom. The number of rotatable bonds is 6. The van der Waals surface area contributed by atoms with Gasteiger partial charge in [-0.15, -0.1) is 0 Å². The molecule has 2 aromatic rings. The third kappa shape index (κ3) is 7.73. The molecule has 11 heteroatoms. The lowest BCUT2D eigenvalue weighted by Gasteiger charge is -2.28. The van der Waals surface area contributed by atoms with Crippen molar-refractivity contribution in [1.29, 1.82) is 0 Å². The highest BCUT2D eigenvalue weighted by molar-refractivity contribution is 9.11. The number of thiocarbonyl (C=S) groups is 1. The fourth-order valence-corrected chi connectivity index (χ4v) is 4.57. The molecule has 0 saturated heterocycles. The van der Waals surface area contributed by atoms with Gasteiger partial charge in [0.05, 0.1) is 19.2 Å². The summed E-state index contributed by atoms with van der Waals surface area (Å²) >= 11 is 30.4. The second-order valence-electron chi connectivity index (χ2n) is 6.24. The smallest absolute Gasteiger partial charge is 0.228 e. The molecule has 3 N–H and O–H groups in total. The van der Waals surface area contributed by atoms with Crippen LogP contribution in [0, 0.1) is 6.92 Å². The molecule has 0 bridgehead atoms. The standard InChI is InChI=1S/C19H18Br2Cl3N3O2S/c1-10-7-12(20)9-14(21)16(10)26-18(30)27-17(19(22,23)24)25-15(28)8-11-3-5-13(29-2)6-4-11/h3-7,9,17H,8H2,1-2H3,(H,25,28)(H2,26,27,30). The maximum absolute atomic E-state index is 12.5. The first-order valence-corrected chi connectivity index (χ1v) is 11.6. The normalized spacial score (nSPS) is 12.1. The Morgan fingerprint density at radius 1 is 1.17 bits per heavy atom. The van der Waals surface area contributed by atoms with E-state index < -0.39 is 9.96 Å². The van der Waals surface area contributed by atoms with E-state index in [4.69, 9.17) is 51.8 Å². The van der Waals surface area contributed by atoms with Crippen molar-refractivity contribution in [3.63, 3.8) is 0 Å². The van der Waals surface area contributed by atoms with Crippen LogP contribution in [0.5, 0.6) is 5.75 Å². The van der Waals surface area contributed by atoms with E-state index in [0.717, 1.165) is 25.8 Å². The van der Waals surface area contributed by atoms with Gasteiger partial charge in [-0.1, -0.05) is 62.9 Å². The van der Waals surface area contributed by atoms with E-state index in [1.165, 1.54) is 0 Å². The molecule has 1 unspecified atom stereocenters. The van der Waals surface area contributed by atoms with Gasteiger partial charge < -0.3 is 20.7 Å². The number of alkyl halides is 3. The Hall–Kier alpha value is -0.770. The summed E-state index contributed by atoms with van der Waals surface area (Å²) in [6, 6.07) is 10.9. The molecule has 0 heterocycles. The number of carbonyl (C=O) groups is 1. The third-order valence-corrected chi connectivity index (χ3v) is 5.88. The van der Waals surface area contributed by atoms with Crippen LogP contribution < -0.4 is 20.7 Å². The molecule has 0 aliphatic rings. The van der Waals surface area contributed by atoms with Gasteiger partial charge in [0, 0.05) is 8.95 Å². The van der Waals surface area contributed by atoms with E-state index in [-0.39, 0.29) is 17.4 Å². The number of ether oxygens (including phenoxy) is 1. The molecule has 30 heavy (non-hydrogen) atoms. The van der Waals surface area contributed by atoms with Crippen LogP contribution in [0.15, 0.2) is 45.3 Å². The van der Waals surface area contributed by atoms with E-state index in [1.54, 1.807) is 31.4 Å². The topological polar surface area (TPSA) is 62.4 Å². The summed E-state index contributed by atoms with van der Waals surface area (Å²) in [6.07, 6.45) is -0.955. The Labute approximate surface area is 212 Å². The van der Waals surface area contributed by atoms with E-state index in [1.807, 2.05) is 19.1 Å². The van der Waals surface area contributed by atoms with Crippen molar-refractivity contribution in [3.05, 3.63) is 56.5 Å². The van der Waals surface area contributed by atoms with Crippen molar-refractivity contribution in [2.75, 3.05) is 12.4 Å². The van der Waals surface area contributed by atoms with Crippen LogP contribution >= 0.6 is 78.9 Å². The number of hydrogen-bond donors (Lipinski definition) is 3. The first-order chi connectivity index (χ1) is 14.0. The largest absolute Gasteiger partial charge is 0.497 e. The fourth-order valence-electron chi connectivity index (χ4n) is 2.48. The Kier molecular flexibility index (Phi) is 9.52. The summed E-state index contributed by atoms with van der Waals surface area (Å²) in [5.41, 5.74) is 2.48. The predicted octanol–water partition coefficient (Wildman–Crippen LogP) is 5.87. The molecule has 0 saturated carbocycles. The van der Waals surface area contributed by atoms with Crippen molar-refractivity contribution < 1.29 is 9.53 Å². The average molecular weight is 619 g/mol. The van der Waals surface area contributed by atoms with Gasteiger partial charge in [-0.25, -0.2) is 0 Å². The number of nitrogens with one attached hydrogen (secondary N) is 3. The van der Waals surface area contributed by atoms with Gasteiger partial charge >= 0.3 is 0 Å². The number of anilines is 1. The molecule has 2 aromatic carbocycles. The minimum absolute atomic E-state index is 0.0977. The molecule has 162 valence electrons. The number of hydrogen-bond acceptors (Lipinski definition) is 3. The molecule has 0 spiro atoms. The molecule has 1 atom stereocenters. The van der Waals surface area contributed by atoms with Crippen molar-refractivity contribution in [2.24, 2.45) is 0 Å². The Balaban J connectivity index is 2.05. The minimum Gasteiger partial charge on any atom is -0.497 e. The molecule has 0 aromatic heterocycles. The number of amides is 1. The first kappa shape index (κ1) is 25.5. The molecule has 2 rings (SSSR count). The van der Waals surface area contributed by atoms with E-state index >= 15 is 0 Å². The summed E-state index contributed by atoms with van der Waals surface area (Å²) in [5.74, 6) is 0.360. The molecule has 5 nitrogen and oxygen atoms in total. The van der Waals surface area contributed by atoms with Gasteiger partial charge in [-0.3, -0.25) is 4.79 Å². The molecule has 0 radical (unpaired) electrons. The monoisotopic (exact) mass is 615 g/mol. The van der Waals surface area contributed by atoms with Crippen LogP contribution in [-0.2, 0) is 11.2 Å². The van der Waals surface area contributed by atoms with Crippen LogP contribution in [0.4, 0.5) is 5.69 Å². The molecule has 0 aliphatic heterocycles. The van der Waals surface area contributed by atoms with Crippen LogP contribution in [0.1, 0.15) is 11.1 Å². The van der Waals surface area contributed by atoms with E-state index in [0.29, 0.717) is 5.75 Å². The lowest BCUT2D eigenvalue weighted by atomic mass is 10.1. The van der Waals surface area contributed by atoms with Crippen LogP contribution in [0.25, 0.3) is 0 Å². The lowest BCUT2D eigenvalue weighted by molar-refractivity contribution is -0.121. The zero-order valence-electron chi connectivity index (χ0n) is 15.9. The van der Waals surface area contributed by atoms with Gasteiger partial charge in [-0.2, -0.15) is 0 Å². The van der Waals surface area contributed by atoms with Crippen LogP contribution in [0.2, 0.25) is 0 Å². The quantitative estimate of drug-likeness (QED) is 0.215. The van der Waals surface area contributed by atoms with Crippen molar-refractivity contribution >= 4 is 95.6 Å². The highest BCUT2D eigenvalue weighted by atomic mass is 79.9. The van der Waals surface area contributed by atoms with Gasteiger partial charge in [-0.05, 0) is 70.5 Å². The number of halogens is 5. The summed E-state index contributed by atoms with van der Waals surface area (Å²) in [4.78, 5) is 12.5. The zero-order chi connectivity index (χ0) is 22.5. The molecular formula is C19H18Br2Cl3N3O2S. The van der Waals surface area contributed by atoms with Gasteiger partial charge in [0.25, 0.3) is 0 Å². The fraction of sp³-hybridized carbons (Fsp3) is 0.263. The van der Waals surface area contributed by atoms with Crippen LogP contribution in [-0.4, -0.2) is 28.1 Å². The van der Waals surface area contributed by atoms with Gasteiger partial charge in [0.1, 0.15) is 11.9 Å². The molecular weight excluding hydrogens is 600 g/mol. The summed E-state index contributed by atoms with van der Waals surface area (Å²) < 4.78 is 4.99. The third-order valence-electron chi connectivity index (χ3n) is 3.92.